The molecule has 0 saturated carbocycles. The van der Waals surface area contributed by atoms with Gasteiger partial charge in [-0.3, -0.25) is 29.6 Å². The normalized spacial score (nSPS) is 10.6. The van der Waals surface area contributed by atoms with Crippen LogP contribution in [0.4, 0.5) is 5.82 Å². The SMILES string of the molecule is Cn1c(NNC(=O)/C=C/c2ccccc2)cc(=O)n(C)c1=O. The van der Waals surface area contributed by atoms with Crippen molar-refractivity contribution in [2.24, 2.45) is 14.1 Å². The summed E-state index contributed by atoms with van der Waals surface area (Å²) >= 11 is 0. The van der Waals surface area contributed by atoms with Crippen LogP contribution < -0.4 is 22.1 Å². The van der Waals surface area contributed by atoms with Gasteiger partial charge in [0.25, 0.3) is 11.5 Å². The van der Waals surface area contributed by atoms with Crippen molar-refractivity contribution in [2.45, 2.75) is 0 Å². The highest BCUT2D eigenvalue weighted by atomic mass is 16.2. The van der Waals surface area contributed by atoms with Crippen LogP contribution in [0.3, 0.4) is 0 Å². The number of nitrogens with one attached hydrogen (secondary N) is 2. The van der Waals surface area contributed by atoms with Crippen LogP contribution in [-0.4, -0.2) is 15.0 Å². The van der Waals surface area contributed by atoms with Gasteiger partial charge in [0.15, 0.2) is 0 Å². The van der Waals surface area contributed by atoms with Crippen molar-refractivity contribution in [3.8, 4) is 0 Å². The maximum absolute atomic E-state index is 11.7. The zero-order valence-corrected chi connectivity index (χ0v) is 12.2. The van der Waals surface area contributed by atoms with E-state index in [4.69, 9.17) is 0 Å². The van der Waals surface area contributed by atoms with Crippen LogP contribution >= 0.6 is 0 Å². The Morgan fingerprint density at radius 3 is 2.45 bits per heavy atom. The fourth-order valence-corrected chi connectivity index (χ4v) is 1.76. The minimum atomic E-state index is -0.482. The third-order valence-electron chi connectivity index (χ3n) is 3.07. The molecule has 0 fully saturated rings. The van der Waals surface area contributed by atoms with E-state index in [-0.39, 0.29) is 5.82 Å². The molecule has 0 spiro atoms. The monoisotopic (exact) mass is 300 g/mol. The number of nitrogens with zero attached hydrogens (tertiary/aromatic N) is 2. The van der Waals surface area contributed by atoms with Crippen molar-refractivity contribution >= 4 is 17.8 Å². The number of amides is 1. The standard InChI is InChI=1S/C15H16N4O3/c1-18-12(10-14(21)19(2)15(18)22)16-17-13(20)9-8-11-6-4-3-5-7-11/h3-10,16H,1-2H3,(H,17,20)/b9-8+. The van der Waals surface area contributed by atoms with Crippen LogP contribution in [0.5, 0.6) is 0 Å². The third-order valence-corrected chi connectivity index (χ3v) is 3.07. The molecule has 0 aliphatic carbocycles. The van der Waals surface area contributed by atoms with E-state index in [1.807, 2.05) is 30.3 Å². The van der Waals surface area contributed by atoms with Gasteiger partial charge in [-0.15, -0.1) is 0 Å². The van der Waals surface area contributed by atoms with E-state index in [1.54, 1.807) is 6.08 Å². The molecular formula is C15H16N4O3. The summed E-state index contributed by atoms with van der Waals surface area (Å²) in [6.45, 7) is 0. The maximum atomic E-state index is 11.7. The Hall–Kier alpha value is -3.09. The molecule has 1 aromatic carbocycles. The molecule has 1 aromatic heterocycles. The molecule has 7 heteroatoms. The van der Waals surface area contributed by atoms with Crippen molar-refractivity contribution in [3.63, 3.8) is 0 Å². The predicted molar refractivity (Wildman–Crippen MR) is 84.2 cm³/mol. The Kier molecular flexibility index (Phi) is 4.57. The van der Waals surface area contributed by atoms with Gasteiger partial charge >= 0.3 is 5.69 Å². The minimum absolute atomic E-state index is 0.203. The highest BCUT2D eigenvalue weighted by Gasteiger charge is 2.05. The summed E-state index contributed by atoms with van der Waals surface area (Å²) in [4.78, 5) is 35.0. The Labute approximate surface area is 126 Å². The Morgan fingerprint density at radius 1 is 1.09 bits per heavy atom. The first kappa shape index (κ1) is 15.3. The van der Waals surface area contributed by atoms with Gasteiger partial charge in [-0.25, -0.2) is 4.79 Å². The highest BCUT2D eigenvalue weighted by Crippen LogP contribution is 2.00. The summed E-state index contributed by atoms with van der Waals surface area (Å²) in [5.74, 6) is -0.202. The van der Waals surface area contributed by atoms with Gasteiger partial charge in [0.05, 0.1) is 0 Å². The molecular weight excluding hydrogens is 284 g/mol. The Bertz CT molecular complexity index is 819. The number of hydrogen-bond donors (Lipinski definition) is 2. The first-order chi connectivity index (χ1) is 10.5. The molecule has 2 rings (SSSR count). The third kappa shape index (κ3) is 3.51. The number of carbonyl (C=O) groups is 1. The van der Waals surface area contributed by atoms with Gasteiger partial charge in [-0.1, -0.05) is 30.3 Å². The molecule has 0 unspecified atom stereocenters. The van der Waals surface area contributed by atoms with Crippen LogP contribution in [0.1, 0.15) is 5.56 Å². The fourth-order valence-electron chi connectivity index (χ4n) is 1.76. The minimum Gasteiger partial charge on any atom is -0.283 e. The molecule has 0 aliphatic rings. The Balaban J connectivity index is 2.05. The number of rotatable bonds is 4. The zero-order valence-electron chi connectivity index (χ0n) is 12.2. The number of hydrazine groups is 1. The van der Waals surface area contributed by atoms with E-state index in [2.05, 4.69) is 10.9 Å². The second-order valence-corrected chi connectivity index (χ2v) is 4.63. The van der Waals surface area contributed by atoms with E-state index >= 15 is 0 Å². The number of anilines is 1. The topological polar surface area (TPSA) is 85.1 Å². The first-order valence-corrected chi connectivity index (χ1v) is 6.55. The van der Waals surface area contributed by atoms with Gasteiger partial charge < -0.3 is 0 Å². The summed E-state index contributed by atoms with van der Waals surface area (Å²) in [5.41, 5.74) is 4.90. The van der Waals surface area contributed by atoms with Crippen molar-refractivity contribution in [1.29, 1.82) is 0 Å². The largest absolute Gasteiger partial charge is 0.332 e. The van der Waals surface area contributed by atoms with E-state index in [0.29, 0.717) is 0 Å². The molecule has 7 nitrogen and oxygen atoms in total. The fraction of sp³-hybridized carbons (Fsp3) is 0.133. The lowest BCUT2D eigenvalue weighted by molar-refractivity contribution is -0.116. The van der Waals surface area contributed by atoms with Gasteiger partial charge in [-0.2, -0.15) is 0 Å². The second kappa shape index (κ2) is 6.57. The van der Waals surface area contributed by atoms with Crippen molar-refractivity contribution in [1.82, 2.24) is 14.6 Å². The average Bonchev–Trinajstić information content (AvgIpc) is 2.54. The second-order valence-electron chi connectivity index (χ2n) is 4.63. The molecule has 0 radical (unpaired) electrons. The molecule has 2 aromatic rings. The summed E-state index contributed by atoms with van der Waals surface area (Å²) in [5, 5.41) is 0. The molecule has 0 aliphatic heterocycles. The average molecular weight is 300 g/mol. The number of hydrogen-bond acceptors (Lipinski definition) is 4. The van der Waals surface area contributed by atoms with Gasteiger partial charge in [0.1, 0.15) is 5.82 Å². The van der Waals surface area contributed by atoms with Crippen LogP contribution in [0.2, 0.25) is 0 Å². The molecule has 0 atom stereocenters. The molecule has 22 heavy (non-hydrogen) atoms. The molecule has 1 heterocycles. The molecule has 2 N–H and O–H groups in total. The van der Waals surface area contributed by atoms with E-state index in [9.17, 15) is 14.4 Å². The lowest BCUT2D eigenvalue weighted by Gasteiger charge is -2.11. The van der Waals surface area contributed by atoms with E-state index in [0.717, 1.165) is 10.1 Å². The predicted octanol–water partition coefficient (Wildman–Crippen LogP) is 0.240. The summed E-state index contributed by atoms with van der Waals surface area (Å²) < 4.78 is 2.20. The highest BCUT2D eigenvalue weighted by molar-refractivity contribution is 5.92. The van der Waals surface area contributed by atoms with E-state index in [1.165, 1.54) is 30.8 Å². The van der Waals surface area contributed by atoms with E-state index < -0.39 is 17.2 Å². The molecule has 1 amide bonds. The molecule has 0 saturated heterocycles. The van der Waals surface area contributed by atoms with Gasteiger partial charge in [0, 0.05) is 26.2 Å². The van der Waals surface area contributed by atoms with Crippen molar-refractivity contribution in [2.75, 3.05) is 5.43 Å². The maximum Gasteiger partial charge on any atom is 0.332 e. The zero-order chi connectivity index (χ0) is 16.1. The van der Waals surface area contributed by atoms with Crippen molar-refractivity contribution < 1.29 is 4.79 Å². The number of benzene rings is 1. The Morgan fingerprint density at radius 2 is 1.77 bits per heavy atom. The van der Waals surface area contributed by atoms with Gasteiger partial charge in [-0.05, 0) is 11.6 Å². The van der Waals surface area contributed by atoms with Crippen LogP contribution in [-0.2, 0) is 18.9 Å². The van der Waals surface area contributed by atoms with Crippen LogP contribution in [0, 0.1) is 0 Å². The lowest BCUT2D eigenvalue weighted by atomic mass is 10.2. The summed E-state index contributed by atoms with van der Waals surface area (Å²) in [6, 6.07) is 10.6. The summed E-state index contributed by atoms with van der Waals surface area (Å²) in [6.07, 6.45) is 3.00. The molecule has 114 valence electrons. The van der Waals surface area contributed by atoms with Crippen LogP contribution in [0.25, 0.3) is 6.08 Å². The summed E-state index contributed by atoms with van der Waals surface area (Å²) in [7, 11) is 2.88. The van der Waals surface area contributed by atoms with Crippen molar-refractivity contribution in [3.05, 3.63) is 68.9 Å². The lowest BCUT2D eigenvalue weighted by Crippen LogP contribution is -2.39. The van der Waals surface area contributed by atoms with Gasteiger partial charge in [0.2, 0.25) is 0 Å². The number of carbonyl (C=O) groups excluding carboxylic acids is 1. The van der Waals surface area contributed by atoms with Crippen LogP contribution in [0.15, 0.2) is 52.1 Å². The first-order valence-electron chi connectivity index (χ1n) is 6.55. The quantitative estimate of drug-likeness (QED) is 0.626. The smallest absolute Gasteiger partial charge is 0.283 e. The number of aromatic nitrogens is 2. The molecule has 0 bridgehead atoms.